The van der Waals surface area contributed by atoms with Crippen molar-refractivity contribution in [3.63, 3.8) is 0 Å². The third kappa shape index (κ3) is 6.32. The van der Waals surface area contributed by atoms with Crippen LogP contribution in [0.3, 0.4) is 0 Å². The van der Waals surface area contributed by atoms with Crippen LogP contribution in [0.25, 0.3) is 0 Å². The van der Waals surface area contributed by atoms with Crippen molar-refractivity contribution < 1.29 is 30.0 Å². The highest BCUT2D eigenvalue weighted by Gasteiger charge is 2.73. The van der Waals surface area contributed by atoms with Crippen LogP contribution in [-0.2, 0) is 9.53 Å². The van der Waals surface area contributed by atoms with Crippen LogP contribution in [0.15, 0.2) is 58.7 Å². The van der Waals surface area contributed by atoms with Gasteiger partial charge < -0.3 is 25.2 Å². The van der Waals surface area contributed by atoms with Crippen molar-refractivity contribution in [3.8, 4) is 0 Å². The van der Waals surface area contributed by atoms with Crippen molar-refractivity contribution in [2.75, 3.05) is 26.4 Å². The van der Waals surface area contributed by atoms with E-state index in [0.717, 1.165) is 35.8 Å². The lowest BCUT2D eigenvalue weighted by Crippen LogP contribution is -2.69. The Balaban J connectivity index is 2.04. The van der Waals surface area contributed by atoms with Gasteiger partial charge in [0.2, 0.25) is 0 Å². The van der Waals surface area contributed by atoms with E-state index in [2.05, 4.69) is 26.5 Å². The Bertz CT molecular complexity index is 1030. The van der Waals surface area contributed by atoms with Crippen LogP contribution in [-0.4, -0.2) is 64.3 Å². The molecule has 4 N–H and O–H groups in total. The first-order valence-corrected chi connectivity index (χ1v) is 15.1. The van der Waals surface area contributed by atoms with E-state index in [4.69, 9.17) is 4.74 Å². The Kier molecular flexibility index (Phi) is 11.3. The van der Waals surface area contributed by atoms with Gasteiger partial charge in [-0.05, 0) is 108 Å². The molecule has 3 saturated carbocycles. The summed E-state index contributed by atoms with van der Waals surface area (Å²) < 4.78 is 5.81. The molecule has 3 rings (SSSR count). The maximum atomic E-state index is 12.8. The van der Waals surface area contributed by atoms with Gasteiger partial charge in [-0.3, -0.25) is 4.79 Å². The van der Waals surface area contributed by atoms with Gasteiger partial charge in [-0.2, -0.15) is 0 Å². The minimum Gasteiger partial charge on any atom is -0.396 e. The normalized spacial score (nSPS) is 35.3. The van der Waals surface area contributed by atoms with Crippen LogP contribution < -0.4 is 0 Å². The maximum Gasteiger partial charge on any atom is 0.145 e. The van der Waals surface area contributed by atoms with E-state index in [1.54, 1.807) is 0 Å². The molecular formula is C34H52O6. The summed E-state index contributed by atoms with van der Waals surface area (Å²) in [7, 11) is 0. The first-order valence-electron chi connectivity index (χ1n) is 15.1. The Morgan fingerprint density at radius 2 is 1.85 bits per heavy atom. The highest BCUT2D eigenvalue weighted by atomic mass is 16.5. The highest BCUT2D eigenvalue weighted by Crippen LogP contribution is 2.71. The zero-order chi connectivity index (χ0) is 29.6. The number of hydrogen-bond donors (Lipinski definition) is 4. The van der Waals surface area contributed by atoms with Crippen molar-refractivity contribution in [2.45, 2.75) is 96.7 Å². The number of ether oxygens (including phenoxy) is 1. The Hall–Kier alpha value is -1.83. The summed E-state index contributed by atoms with van der Waals surface area (Å²) in [6.07, 6.45) is 15.1. The quantitative estimate of drug-likeness (QED) is 0.0798. The number of allylic oxidation sites excluding steroid dienone is 8. The van der Waals surface area contributed by atoms with Crippen LogP contribution in [0.2, 0.25) is 0 Å². The molecule has 3 fully saturated rings. The summed E-state index contributed by atoms with van der Waals surface area (Å²) in [4.78, 5) is 12.0. The molecule has 224 valence electrons. The number of aliphatic hydroxyl groups is 4. The van der Waals surface area contributed by atoms with Crippen LogP contribution in [0.1, 0.15) is 85.5 Å². The van der Waals surface area contributed by atoms with Gasteiger partial charge in [0.25, 0.3) is 0 Å². The second kappa shape index (κ2) is 13.9. The van der Waals surface area contributed by atoms with Crippen molar-refractivity contribution in [1.82, 2.24) is 0 Å². The van der Waals surface area contributed by atoms with Gasteiger partial charge >= 0.3 is 0 Å². The molecule has 6 nitrogen and oxygen atoms in total. The minimum absolute atomic E-state index is 0.0388. The molecule has 3 aliphatic rings. The summed E-state index contributed by atoms with van der Waals surface area (Å²) >= 11 is 0. The smallest absolute Gasteiger partial charge is 0.145 e. The van der Waals surface area contributed by atoms with Gasteiger partial charge in [0.05, 0.1) is 31.0 Å². The first kappa shape index (κ1) is 32.7. The van der Waals surface area contributed by atoms with Crippen LogP contribution in [0, 0.1) is 23.2 Å². The number of carbonyl (C=O) groups is 1. The molecule has 1 spiro atoms. The number of aliphatic hydroxyl groups excluding tert-OH is 2. The highest BCUT2D eigenvalue weighted by molar-refractivity contribution is 5.74. The zero-order valence-electron chi connectivity index (χ0n) is 25.1. The molecule has 0 amide bonds. The molecule has 40 heavy (non-hydrogen) atoms. The molecule has 0 unspecified atom stereocenters. The standard InChI is InChI=1S/C34H52O6/c1-24(2)8-6-9-25(3)10-7-11-28(23-40-21-20-36)30-14-17-33-31(27(15-19-35)12-18-34(30,33)39)29(26(4)22-37)13-16-32(33,5)38/h7-8,10-11,22,27,30-31,35-36,38-39H,3,6,9,12-21,23H2,1-2,4-5H3/b10-7+,28-11-,29-26-/t27-,30+,31+,32-,33+,34-/m1/s1. The predicted octanol–water partition coefficient (Wildman–Crippen LogP) is 5.38. The van der Waals surface area contributed by atoms with Crippen LogP contribution in [0.5, 0.6) is 0 Å². The molecule has 0 aromatic rings. The average Bonchev–Trinajstić information content (AvgIpc) is 3.22. The molecule has 0 aromatic carbocycles. The summed E-state index contributed by atoms with van der Waals surface area (Å²) in [6.45, 7) is 12.5. The lowest BCUT2D eigenvalue weighted by Gasteiger charge is -2.64. The molecule has 0 bridgehead atoms. The number of carbonyl (C=O) groups excluding carboxylic acids is 1. The molecule has 0 aromatic heterocycles. The summed E-state index contributed by atoms with van der Waals surface area (Å²) in [5.74, 6) is -0.333. The molecule has 0 aliphatic heterocycles. The van der Waals surface area contributed by atoms with Gasteiger partial charge in [0, 0.05) is 17.9 Å². The van der Waals surface area contributed by atoms with E-state index in [0.29, 0.717) is 50.5 Å². The lowest BCUT2D eigenvalue weighted by molar-refractivity contribution is -0.246. The average molecular weight is 557 g/mol. The molecule has 0 saturated heterocycles. The zero-order valence-corrected chi connectivity index (χ0v) is 25.1. The Labute approximate surface area is 241 Å². The van der Waals surface area contributed by atoms with Crippen molar-refractivity contribution in [2.24, 2.45) is 23.2 Å². The monoisotopic (exact) mass is 556 g/mol. The topological polar surface area (TPSA) is 107 Å². The minimum atomic E-state index is -1.20. The predicted molar refractivity (Wildman–Crippen MR) is 160 cm³/mol. The molecule has 3 aliphatic carbocycles. The van der Waals surface area contributed by atoms with E-state index < -0.39 is 16.6 Å². The fourth-order valence-corrected chi connectivity index (χ4v) is 8.29. The van der Waals surface area contributed by atoms with E-state index in [-0.39, 0.29) is 44.2 Å². The fourth-order valence-electron chi connectivity index (χ4n) is 8.29. The molecule has 6 atom stereocenters. The van der Waals surface area contributed by atoms with E-state index in [9.17, 15) is 25.2 Å². The lowest BCUT2D eigenvalue weighted by atomic mass is 9.43. The number of aldehydes is 1. The summed E-state index contributed by atoms with van der Waals surface area (Å²) in [5.41, 5.74) is 1.80. The van der Waals surface area contributed by atoms with E-state index >= 15 is 0 Å². The van der Waals surface area contributed by atoms with E-state index in [1.807, 2.05) is 32.1 Å². The van der Waals surface area contributed by atoms with Gasteiger partial charge in [-0.25, -0.2) is 0 Å². The maximum absolute atomic E-state index is 12.8. The van der Waals surface area contributed by atoms with Crippen LogP contribution >= 0.6 is 0 Å². The van der Waals surface area contributed by atoms with Crippen LogP contribution in [0.4, 0.5) is 0 Å². The summed E-state index contributed by atoms with van der Waals surface area (Å²) in [6, 6.07) is 0. The third-order valence-electron chi connectivity index (χ3n) is 10.1. The molecule has 6 heteroatoms. The van der Waals surface area contributed by atoms with Gasteiger partial charge in [0.1, 0.15) is 6.29 Å². The van der Waals surface area contributed by atoms with Crippen molar-refractivity contribution in [3.05, 3.63) is 58.7 Å². The molecule has 0 heterocycles. The SMILES string of the molecule is C=C(/C=C/C=C(/COCCO)[C@@H]1CC[C@]23[C@H](/C(=C(/C)C=O)CC[C@@]2(C)O)[C@@H](CCO)CC[C@@]13O)CCC=C(C)C. The second-order valence-corrected chi connectivity index (χ2v) is 12.7. The third-order valence-corrected chi connectivity index (χ3v) is 10.1. The molecule has 0 radical (unpaired) electrons. The Morgan fingerprint density at radius 3 is 2.50 bits per heavy atom. The van der Waals surface area contributed by atoms with Crippen molar-refractivity contribution >= 4 is 6.29 Å². The van der Waals surface area contributed by atoms with E-state index in [1.165, 1.54) is 5.57 Å². The molecular weight excluding hydrogens is 504 g/mol. The fraction of sp³-hybridized carbons (Fsp3) is 0.676. The van der Waals surface area contributed by atoms with Gasteiger partial charge in [-0.1, -0.05) is 47.6 Å². The second-order valence-electron chi connectivity index (χ2n) is 12.7. The summed E-state index contributed by atoms with van der Waals surface area (Å²) in [5, 5.41) is 44.2. The van der Waals surface area contributed by atoms with Gasteiger partial charge in [0.15, 0.2) is 0 Å². The largest absolute Gasteiger partial charge is 0.396 e. The number of rotatable bonds is 13. The van der Waals surface area contributed by atoms with Crippen molar-refractivity contribution in [1.29, 1.82) is 0 Å². The number of hydrogen-bond acceptors (Lipinski definition) is 6. The van der Waals surface area contributed by atoms with Gasteiger partial charge in [-0.15, -0.1) is 0 Å². The first-order chi connectivity index (χ1) is 19.0. The Morgan fingerprint density at radius 1 is 1.10 bits per heavy atom.